The molecule has 1 amide bonds. The van der Waals surface area contributed by atoms with Crippen molar-refractivity contribution >= 4 is 28.6 Å². The van der Waals surface area contributed by atoms with Gasteiger partial charge in [-0.05, 0) is 51.3 Å². The van der Waals surface area contributed by atoms with Crippen LogP contribution in [0.25, 0.3) is 10.6 Å². The maximum Gasteiger partial charge on any atom is 0.220 e. The van der Waals surface area contributed by atoms with Crippen molar-refractivity contribution in [2.75, 3.05) is 6.54 Å². The molecule has 0 aliphatic carbocycles. The first-order valence-electron chi connectivity index (χ1n) is 9.65. The summed E-state index contributed by atoms with van der Waals surface area (Å²) in [5.41, 5.74) is 4.14. The zero-order chi connectivity index (χ0) is 20.8. The van der Waals surface area contributed by atoms with Gasteiger partial charge in [-0.1, -0.05) is 0 Å². The van der Waals surface area contributed by atoms with E-state index in [1.807, 2.05) is 25.5 Å². The van der Waals surface area contributed by atoms with Gasteiger partial charge in [-0.15, -0.1) is 22.7 Å². The maximum atomic E-state index is 12.3. The van der Waals surface area contributed by atoms with Gasteiger partial charge in [-0.25, -0.2) is 4.98 Å². The summed E-state index contributed by atoms with van der Waals surface area (Å²) >= 11 is 3.39. The largest absolute Gasteiger partial charge is 0.356 e. The second-order valence-electron chi connectivity index (χ2n) is 6.90. The van der Waals surface area contributed by atoms with Crippen LogP contribution in [0.4, 0.5) is 0 Å². The Morgan fingerprint density at radius 1 is 1.28 bits per heavy atom. The topological polar surface area (TPSA) is 83.6 Å². The number of amides is 1. The van der Waals surface area contributed by atoms with Crippen molar-refractivity contribution in [1.29, 1.82) is 5.26 Å². The molecule has 0 spiro atoms. The van der Waals surface area contributed by atoms with Gasteiger partial charge in [-0.3, -0.25) is 9.48 Å². The Morgan fingerprint density at radius 3 is 2.83 bits per heavy atom. The molecule has 0 unspecified atom stereocenters. The molecule has 0 fully saturated rings. The van der Waals surface area contributed by atoms with Crippen molar-refractivity contribution in [3.8, 4) is 16.6 Å². The lowest BCUT2D eigenvalue weighted by Crippen LogP contribution is -2.25. The van der Waals surface area contributed by atoms with E-state index in [0.29, 0.717) is 32.4 Å². The third-order valence-electron chi connectivity index (χ3n) is 4.80. The van der Waals surface area contributed by atoms with Crippen LogP contribution in [0.5, 0.6) is 0 Å². The molecule has 8 heteroatoms. The normalized spacial score (nSPS) is 10.8. The molecular formula is C21H25N5OS2. The fourth-order valence-electron chi connectivity index (χ4n) is 3.25. The summed E-state index contributed by atoms with van der Waals surface area (Å²) in [6, 6.07) is 6.36. The van der Waals surface area contributed by atoms with E-state index in [0.717, 1.165) is 34.1 Å². The van der Waals surface area contributed by atoms with Crippen molar-refractivity contribution in [3.05, 3.63) is 44.3 Å². The monoisotopic (exact) mass is 427 g/mol. The minimum atomic E-state index is 0.0560. The number of nitrogens with zero attached hydrogens (tertiary/aromatic N) is 4. The van der Waals surface area contributed by atoms with Crippen molar-refractivity contribution in [3.63, 3.8) is 0 Å². The standard InChI is InChI=1S/C21H25N5OS2/c1-14-18(15(2)26(25-14)12-4-10-22)6-8-21(27)23-11-9-17-5-7-20(29-17)19-13-28-16(3)24-19/h5,7,13H,4,6,8-9,11-12H2,1-3H3,(H,23,27). The van der Waals surface area contributed by atoms with Gasteiger partial charge in [0.15, 0.2) is 0 Å². The fraction of sp³-hybridized carbons (Fsp3) is 0.429. The number of carbonyl (C=O) groups excluding carboxylic acids is 1. The summed E-state index contributed by atoms with van der Waals surface area (Å²) in [6.07, 6.45) is 2.37. The van der Waals surface area contributed by atoms with Gasteiger partial charge in [0.05, 0.1) is 40.3 Å². The number of hydrogen-bond donors (Lipinski definition) is 1. The molecule has 6 nitrogen and oxygen atoms in total. The highest BCUT2D eigenvalue weighted by Gasteiger charge is 2.13. The molecule has 0 aromatic carbocycles. The molecule has 3 rings (SSSR count). The first-order valence-corrected chi connectivity index (χ1v) is 11.3. The van der Waals surface area contributed by atoms with Crippen LogP contribution >= 0.6 is 22.7 Å². The van der Waals surface area contributed by atoms with Crippen LogP contribution in [0.1, 0.15) is 39.7 Å². The summed E-state index contributed by atoms with van der Waals surface area (Å²) in [7, 11) is 0. The minimum absolute atomic E-state index is 0.0560. The van der Waals surface area contributed by atoms with Gasteiger partial charge in [0.2, 0.25) is 5.91 Å². The first kappa shape index (κ1) is 21.2. The zero-order valence-corrected chi connectivity index (χ0v) is 18.6. The number of aromatic nitrogens is 3. The molecular weight excluding hydrogens is 402 g/mol. The van der Waals surface area contributed by atoms with Crippen LogP contribution < -0.4 is 5.32 Å². The Hall–Kier alpha value is -2.50. The molecule has 152 valence electrons. The number of nitriles is 1. The van der Waals surface area contributed by atoms with E-state index in [1.165, 1.54) is 9.75 Å². The minimum Gasteiger partial charge on any atom is -0.356 e. The fourth-order valence-corrected chi connectivity index (χ4v) is 4.90. The van der Waals surface area contributed by atoms with Crippen LogP contribution in [-0.4, -0.2) is 27.2 Å². The lowest BCUT2D eigenvalue weighted by molar-refractivity contribution is -0.121. The Morgan fingerprint density at radius 2 is 2.10 bits per heavy atom. The molecule has 0 aliphatic heterocycles. The van der Waals surface area contributed by atoms with Gasteiger partial charge in [0.25, 0.3) is 0 Å². The summed E-state index contributed by atoms with van der Waals surface area (Å²) in [5.74, 6) is 0.0560. The summed E-state index contributed by atoms with van der Waals surface area (Å²) in [6.45, 7) is 7.20. The average Bonchev–Trinajstić information content (AvgIpc) is 3.39. The summed E-state index contributed by atoms with van der Waals surface area (Å²) in [4.78, 5) is 19.2. The highest BCUT2D eigenvalue weighted by atomic mass is 32.1. The first-order chi connectivity index (χ1) is 14.0. The van der Waals surface area contributed by atoms with Crippen LogP contribution in [-0.2, 0) is 24.2 Å². The number of thiophene rings is 1. The Bertz CT molecular complexity index is 1020. The van der Waals surface area contributed by atoms with E-state index < -0.39 is 0 Å². The number of hydrogen-bond acceptors (Lipinski definition) is 6. The zero-order valence-electron chi connectivity index (χ0n) is 17.0. The molecule has 29 heavy (non-hydrogen) atoms. The third kappa shape index (κ3) is 5.52. The predicted molar refractivity (Wildman–Crippen MR) is 117 cm³/mol. The van der Waals surface area contributed by atoms with E-state index in [9.17, 15) is 4.79 Å². The van der Waals surface area contributed by atoms with Crippen molar-refractivity contribution < 1.29 is 4.79 Å². The summed E-state index contributed by atoms with van der Waals surface area (Å²) < 4.78 is 1.87. The van der Waals surface area contributed by atoms with Gasteiger partial charge in [0, 0.05) is 28.9 Å². The Kier molecular flexibility index (Phi) is 7.18. The van der Waals surface area contributed by atoms with Crippen molar-refractivity contribution in [1.82, 2.24) is 20.1 Å². The van der Waals surface area contributed by atoms with E-state index >= 15 is 0 Å². The average molecular weight is 428 g/mol. The van der Waals surface area contributed by atoms with Crippen molar-refractivity contribution in [2.45, 2.75) is 53.0 Å². The molecule has 0 aliphatic rings. The van der Waals surface area contributed by atoms with Gasteiger partial charge < -0.3 is 5.32 Å². The number of aryl methyl sites for hydroxylation is 3. The highest BCUT2D eigenvalue weighted by Crippen LogP contribution is 2.29. The molecule has 0 bridgehead atoms. The molecule has 3 aromatic heterocycles. The molecule has 0 saturated carbocycles. The molecule has 0 saturated heterocycles. The van der Waals surface area contributed by atoms with Crippen LogP contribution in [0, 0.1) is 32.1 Å². The van der Waals surface area contributed by atoms with E-state index in [2.05, 4.69) is 39.0 Å². The second-order valence-corrected chi connectivity index (χ2v) is 9.13. The van der Waals surface area contributed by atoms with E-state index in [-0.39, 0.29) is 5.91 Å². The smallest absolute Gasteiger partial charge is 0.220 e. The van der Waals surface area contributed by atoms with Gasteiger partial charge >= 0.3 is 0 Å². The van der Waals surface area contributed by atoms with E-state index in [4.69, 9.17) is 5.26 Å². The second kappa shape index (κ2) is 9.81. The quantitative estimate of drug-likeness (QED) is 0.555. The molecule has 0 atom stereocenters. The number of thiazole rings is 1. The third-order valence-corrected chi connectivity index (χ3v) is 6.74. The van der Waals surface area contributed by atoms with Crippen LogP contribution in [0.2, 0.25) is 0 Å². The van der Waals surface area contributed by atoms with Gasteiger partial charge in [-0.2, -0.15) is 10.4 Å². The number of carbonyl (C=O) groups is 1. The number of nitrogens with one attached hydrogen (secondary N) is 1. The Balaban J connectivity index is 1.45. The van der Waals surface area contributed by atoms with Crippen LogP contribution in [0.15, 0.2) is 17.5 Å². The number of rotatable bonds is 9. The lowest BCUT2D eigenvalue weighted by atomic mass is 10.1. The molecule has 3 aromatic rings. The maximum absolute atomic E-state index is 12.3. The van der Waals surface area contributed by atoms with E-state index in [1.54, 1.807) is 22.7 Å². The van der Waals surface area contributed by atoms with Crippen LogP contribution in [0.3, 0.4) is 0 Å². The van der Waals surface area contributed by atoms with Gasteiger partial charge in [0.1, 0.15) is 0 Å². The Labute approximate surface area is 179 Å². The molecule has 0 radical (unpaired) electrons. The highest BCUT2D eigenvalue weighted by molar-refractivity contribution is 7.16. The SMILES string of the molecule is Cc1nc(-c2ccc(CCNC(=O)CCc3c(C)nn(CCC#N)c3C)s2)cs1. The summed E-state index contributed by atoms with van der Waals surface area (Å²) in [5, 5.41) is 19.4. The molecule has 1 N–H and O–H groups in total. The van der Waals surface area contributed by atoms with Crippen molar-refractivity contribution in [2.24, 2.45) is 0 Å². The molecule has 3 heterocycles. The predicted octanol–water partition coefficient (Wildman–Crippen LogP) is 4.20. The lowest BCUT2D eigenvalue weighted by Gasteiger charge is -2.06.